The first-order valence-corrected chi connectivity index (χ1v) is 5.58. The largest absolute Gasteiger partial charge is 0.573 e. The van der Waals surface area contributed by atoms with Gasteiger partial charge in [0.15, 0.2) is 11.4 Å². The van der Waals surface area contributed by atoms with Crippen LogP contribution in [-0.2, 0) is 10.9 Å². The molecule has 1 heterocycles. The molecule has 0 saturated heterocycles. The van der Waals surface area contributed by atoms with E-state index in [4.69, 9.17) is 0 Å². The van der Waals surface area contributed by atoms with Gasteiger partial charge in [-0.1, -0.05) is 0 Å². The first-order valence-electron chi connectivity index (χ1n) is 5.58. The summed E-state index contributed by atoms with van der Waals surface area (Å²) in [6, 6.07) is -0.0222. The van der Waals surface area contributed by atoms with Crippen LogP contribution in [0.2, 0.25) is 0 Å². The Labute approximate surface area is 119 Å². The molecule has 0 bridgehead atoms. The van der Waals surface area contributed by atoms with E-state index in [0.29, 0.717) is 0 Å². The molecular formula is C11H9F6NO4. The predicted molar refractivity (Wildman–Crippen MR) is 58.4 cm³/mol. The third-order valence-corrected chi connectivity index (χ3v) is 2.15. The molecule has 124 valence electrons. The number of carbonyl (C=O) groups excluding carboxylic acids is 1. The van der Waals surface area contributed by atoms with Crippen molar-refractivity contribution in [3.8, 4) is 11.6 Å². The number of methoxy groups -OCH3 is 1. The summed E-state index contributed by atoms with van der Waals surface area (Å²) < 4.78 is 87.3. The summed E-state index contributed by atoms with van der Waals surface area (Å²) in [5.74, 6) is -3.89. The first-order chi connectivity index (χ1) is 9.99. The van der Waals surface area contributed by atoms with Crippen LogP contribution < -0.4 is 9.47 Å². The van der Waals surface area contributed by atoms with Gasteiger partial charge in [-0.2, -0.15) is 13.2 Å². The highest BCUT2D eigenvalue weighted by Gasteiger charge is 2.40. The maximum atomic E-state index is 12.8. The average Bonchev–Trinajstić information content (AvgIpc) is 2.35. The number of alkyl halides is 6. The lowest BCUT2D eigenvalue weighted by Gasteiger charge is -2.16. The van der Waals surface area contributed by atoms with Gasteiger partial charge >= 0.3 is 18.5 Å². The predicted octanol–water partition coefficient (Wildman–Crippen LogP) is 3.18. The van der Waals surface area contributed by atoms with Gasteiger partial charge in [0.2, 0.25) is 5.88 Å². The Hall–Kier alpha value is -2.20. The van der Waals surface area contributed by atoms with Crippen LogP contribution in [0.15, 0.2) is 6.07 Å². The fourth-order valence-electron chi connectivity index (χ4n) is 1.38. The summed E-state index contributed by atoms with van der Waals surface area (Å²) in [5.41, 5.74) is -2.70. The zero-order valence-corrected chi connectivity index (χ0v) is 11.1. The third kappa shape index (κ3) is 4.40. The summed E-state index contributed by atoms with van der Waals surface area (Å²) in [7, 11) is 0.816. The number of pyridine rings is 1. The highest BCUT2D eigenvalue weighted by Crippen LogP contribution is 2.39. The van der Waals surface area contributed by atoms with Gasteiger partial charge in [0.05, 0.1) is 13.7 Å². The lowest BCUT2D eigenvalue weighted by atomic mass is 10.2. The van der Waals surface area contributed by atoms with Crippen molar-refractivity contribution in [3.63, 3.8) is 0 Å². The van der Waals surface area contributed by atoms with E-state index in [1.54, 1.807) is 0 Å². The molecular weight excluding hydrogens is 324 g/mol. The monoisotopic (exact) mass is 333 g/mol. The first kappa shape index (κ1) is 17.9. The zero-order chi connectivity index (χ0) is 17.1. The molecule has 0 amide bonds. The van der Waals surface area contributed by atoms with Crippen LogP contribution in [0.1, 0.15) is 23.0 Å². The van der Waals surface area contributed by atoms with Gasteiger partial charge < -0.3 is 14.2 Å². The second kappa shape index (κ2) is 6.28. The van der Waals surface area contributed by atoms with E-state index in [0.717, 1.165) is 7.11 Å². The summed E-state index contributed by atoms with van der Waals surface area (Å²) in [6.45, 7) is 1.12. The Morgan fingerprint density at radius 2 is 1.82 bits per heavy atom. The summed E-state index contributed by atoms with van der Waals surface area (Å²) >= 11 is 0. The Morgan fingerprint density at radius 3 is 2.23 bits per heavy atom. The second-order valence-electron chi connectivity index (χ2n) is 3.66. The molecule has 0 aromatic carbocycles. The van der Waals surface area contributed by atoms with Gasteiger partial charge in [-0.15, -0.1) is 13.2 Å². The van der Waals surface area contributed by atoms with Crippen LogP contribution in [0, 0.1) is 0 Å². The van der Waals surface area contributed by atoms with Crippen LogP contribution in [0.25, 0.3) is 0 Å². The standard InChI is InChI=1S/C11H9F6NO4/c1-3-21-9(19)7-6(22-11(15,16)17)4-5(10(12,13)14)8(18-7)20-2/h4H,3H2,1-2H3. The molecule has 1 aromatic rings. The maximum Gasteiger partial charge on any atom is 0.573 e. The molecule has 0 N–H and O–H groups in total. The Balaban J connectivity index is 3.50. The van der Waals surface area contributed by atoms with E-state index in [1.165, 1.54) is 6.92 Å². The fourth-order valence-corrected chi connectivity index (χ4v) is 1.38. The van der Waals surface area contributed by atoms with Crippen molar-refractivity contribution in [2.45, 2.75) is 19.5 Å². The van der Waals surface area contributed by atoms with Crippen molar-refractivity contribution in [1.82, 2.24) is 4.98 Å². The van der Waals surface area contributed by atoms with Gasteiger partial charge in [-0.05, 0) is 6.92 Å². The van der Waals surface area contributed by atoms with Gasteiger partial charge in [-0.25, -0.2) is 9.78 Å². The fraction of sp³-hybridized carbons (Fsp3) is 0.455. The number of nitrogens with zero attached hydrogens (tertiary/aromatic N) is 1. The normalized spacial score (nSPS) is 12.0. The SMILES string of the molecule is CCOC(=O)c1nc(OC)c(C(F)(F)F)cc1OC(F)(F)F. The molecule has 0 aliphatic rings. The number of hydrogen-bond acceptors (Lipinski definition) is 5. The smallest absolute Gasteiger partial charge is 0.481 e. The average molecular weight is 333 g/mol. The summed E-state index contributed by atoms with van der Waals surface area (Å²) in [5, 5.41) is 0. The van der Waals surface area contributed by atoms with E-state index in [-0.39, 0.29) is 12.7 Å². The van der Waals surface area contributed by atoms with Gasteiger partial charge in [0, 0.05) is 6.07 Å². The van der Waals surface area contributed by atoms with Crippen molar-refractivity contribution in [1.29, 1.82) is 0 Å². The van der Waals surface area contributed by atoms with Crippen LogP contribution >= 0.6 is 0 Å². The molecule has 0 saturated carbocycles. The lowest BCUT2D eigenvalue weighted by Crippen LogP contribution is -2.22. The molecule has 0 radical (unpaired) electrons. The maximum absolute atomic E-state index is 12.8. The Kier molecular flexibility index (Phi) is 5.09. The molecule has 0 aliphatic heterocycles. The summed E-state index contributed by atoms with van der Waals surface area (Å²) in [6.07, 6.45) is -10.4. The van der Waals surface area contributed by atoms with E-state index >= 15 is 0 Å². The van der Waals surface area contributed by atoms with Crippen molar-refractivity contribution < 1.29 is 45.3 Å². The highest BCUT2D eigenvalue weighted by atomic mass is 19.4. The number of rotatable bonds is 4. The minimum Gasteiger partial charge on any atom is -0.481 e. The van der Waals surface area contributed by atoms with E-state index < -0.39 is 41.4 Å². The van der Waals surface area contributed by atoms with Crippen molar-refractivity contribution >= 4 is 5.97 Å². The molecule has 11 heteroatoms. The number of esters is 1. The molecule has 0 fully saturated rings. The van der Waals surface area contributed by atoms with Gasteiger partial charge in [0.25, 0.3) is 0 Å². The van der Waals surface area contributed by atoms with Crippen LogP contribution in [-0.4, -0.2) is 31.0 Å². The quantitative estimate of drug-likeness (QED) is 0.626. The van der Waals surface area contributed by atoms with Crippen molar-refractivity contribution in [3.05, 3.63) is 17.3 Å². The second-order valence-corrected chi connectivity index (χ2v) is 3.66. The van der Waals surface area contributed by atoms with E-state index in [9.17, 15) is 31.1 Å². The zero-order valence-electron chi connectivity index (χ0n) is 11.1. The number of aromatic nitrogens is 1. The minimum atomic E-state index is -5.32. The molecule has 0 spiro atoms. The molecule has 1 rings (SSSR count). The molecule has 1 aromatic heterocycles. The van der Waals surface area contributed by atoms with Crippen LogP contribution in [0.5, 0.6) is 11.6 Å². The van der Waals surface area contributed by atoms with Crippen molar-refractivity contribution in [2.75, 3.05) is 13.7 Å². The van der Waals surface area contributed by atoms with Crippen molar-refractivity contribution in [2.24, 2.45) is 0 Å². The van der Waals surface area contributed by atoms with Crippen LogP contribution in [0.3, 0.4) is 0 Å². The van der Waals surface area contributed by atoms with Crippen LogP contribution in [0.4, 0.5) is 26.3 Å². The number of halogens is 6. The molecule has 0 atom stereocenters. The number of carbonyl (C=O) groups is 1. The molecule has 22 heavy (non-hydrogen) atoms. The number of ether oxygens (including phenoxy) is 3. The number of hydrogen-bond donors (Lipinski definition) is 0. The molecule has 5 nitrogen and oxygen atoms in total. The third-order valence-electron chi connectivity index (χ3n) is 2.15. The summed E-state index contributed by atoms with van der Waals surface area (Å²) in [4.78, 5) is 14.6. The molecule has 0 aliphatic carbocycles. The van der Waals surface area contributed by atoms with Gasteiger partial charge in [0.1, 0.15) is 5.56 Å². The topological polar surface area (TPSA) is 57.7 Å². The molecule has 0 unspecified atom stereocenters. The Morgan fingerprint density at radius 1 is 1.23 bits per heavy atom. The minimum absolute atomic E-state index is 0.0222. The van der Waals surface area contributed by atoms with E-state index in [2.05, 4.69) is 19.2 Å². The van der Waals surface area contributed by atoms with Gasteiger partial charge in [-0.3, -0.25) is 0 Å². The lowest BCUT2D eigenvalue weighted by molar-refractivity contribution is -0.275. The highest BCUT2D eigenvalue weighted by molar-refractivity contribution is 5.90. The van der Waals surface area contributed by atoms with E-state index in [1.807, 2.05) is 0 Å². The Bertz CT molecular complexity index is 555.